The summed E-state index contributed by atoms with van der Waals surface area (Å²) in [6.45, 7) is -1.34. The highest BCUT2D eigenvalue weighted by molar-refractivity contribution is 6.13. The van der Waals surface area contributed by atoms with E-state index in [0.717, 1.165) is 0 Å². The summed E-state index contributed by atoms with van der Waals surface area (Å²) in [5, 5.41) is 77.8. The predicted molar refractivity (Wildman–Crippen MR) is 77.5 cm³/mol. The lowest BCUT2D eigenvalue weighted by Crippen LogP contribution is -2.68. The molecule has 2 heterocycles. The molecule has 2 aliphatic rings. The Bertz CT molecular complexity index is 420. The normalized spacial score (nSPS) is 53.2. The average molecular weight is 372 g/mol. The Morgan fingerprint density at radius 2 is 1.46 bits per heavy atom. The van der Waals surface area contributed by atoms with E-state index in [4.69, 9.17) is 19.3 Å². The molecule has 1 unspecified atom stereocenters. The zero-order valence-electron chi connectivity index (χ0n) is 12.9. The largest absolute Gasteiger partial charge is 0.394 e. The molecule has 0 aliphatic carbocycles. The first kappa shape index (κ1) is 20.1. The van der Waals surface area contributed by atoms with Crippen LogP contribution in [0.3, 0.4) is 0 Å². The fourth-order valence-electron chi connectivity index (χ4n) is 2.80. The number of ether oxygens (including phenoxy) is 3. The van der Waals surface area contributed by atoms with Crippen molar-refractivity contribution in [2.24, 2.45) is 0 Å². The zero-order valence-corrected chi connectivity index (χ0v) is 14.9. The van der Waals surface area contributed by atoms with Gasteiger partial charge in [-0.05, 0) is 0 Å². The molecule has 2 aliphatic heterocycles. The van der Waals surface area contributed by atoms with Crippen LogP contribution in [0.1, 0.15) is 0 Å². The first-order valence-corrected chi connectivity index (χ1v) is 8.47. The lowest BCUT2D eigenvalue weighted by atomic mass is 9.97. The van der Waals surface area contributed by atoms with Crippen LogP contribution in [0.25, 0.3) is 0 Å². The van der Waals surface area contributed by atoms with Gasteiger partial charge in [0.05, 0.1) is 23.5 Å². The molecule has 10 atom stereocenters. The SMILES string of the molecule is OC[C@H]1O[C@@H](O[C@H]2[C@H](O)[C@@H](O)C(O)([SiH3])O[C@@H]2CO)[C@H](O)[C@@H](O)[C@H]1O. The number of rotatable bonds is 4. The first-order valence-electron chi connectivity index (χ1n) is 7.47. The minimum atomic E-state index is -2.00. The smallest absolute Gasteiger partial charge is 0.187 e. The van der Waals surface area contributed by atoms with Crippen LogP contribution in [0, 0.1) is 0 Å². The summed E-state index contributed by atoms with van der Waals surface area (Å²) in [5.41, 5.74) is -2.00. The van der Waals surface area contributed by atoms with Crippen molar-refractivity contribution in [3.8, 4) is 0 Å². The highest BCUT2D eigenvalue weighted by atomic mass is 28.1. The molecule has 8 N–H and O–H groups in total. The van der Waals surface area contributed by atoms with Gasteiger partial charge < -0.3 is 55.1 Å². The van der Waals surface area contributed by atoms with Gasteiger partial charge in [-0.15, -0.1) is 0 Å². The van der Waals surface area contributed by atoms with E-state index in [-0.39, 0.29) is 10.2 Å². The van der Waals surface area contributed by atoms with E-state index in [9.17, 15) is 35.7 Å². The summed E-state index contributed by atoms with van der Waals surface area (Å²) >= 11 is 0. The zero-order chi connectivity index (χ0) is 18.2. The molecule has 142 valence electrons. The van der Waals surface area contributed by atoms with E-state index in [2.05, 4.69) is 0 Å². The molecular formula is C12H24O11Si. The van der Waals surface area contributed by atoms with Gasteiger partial charge >= 0.3 is 0 Å². The molecule has 2 saturated heterocycles. The molecule has 24 heavy (non-hydrogen) atoms. The minimum Gasteiger partial charge on any atom is -0.394 e. The molecular weight excluding hydrogens is 348 g/mol. The van der Waals surface area contributed by atoms with E-state index in [1.807, 2.05) is 0 Å². The van der Waals surface area contributed by atoms with Crippen LogP contribution in [0.5, 0.6) is 0 Å². The van der Waals surface area contributed by atoms with Crippen molar-refractivity contribution in [1.82, 2.24) is 0 Å². The van der Waals surface area contributed by atoms with E-state index in [0.29, 0.717) is 0 Å². The fraction of sp³-hybridized carbons (Fsp3) is 1.00. The molecule has 0 aromatic heterocycles. The quantitative estimate of drug-likeness (QED) is 0.219. The summed E-state index contributed by atoms with van der Waals surface area (Å²) in [4.78, 5) is 0. The third-order valence-electron chi connectivity index (χ3n) is 4.28. The maximum Gasteiger partial charge on any atom is 0.187 e. The molecule has 11 nitrogen and oxygen atoms in total. The Hall–Kier alpha value is -0.223. The fourth-order valence-corrected chi connectivity index (χ4v) is 3.45. The topological polar surface area (TPSA) is 190 Å². The van der Waals surface area contributed by atoms with E-state index in [1.54, 1.807) is 0 Å². The van der Waals surface area contributed by atoms with Crippen molar-refractivity contribution >= 4 is 10.2 Å². The van der Waals surface area contributed by atoms with Crippen LogP contribution in [0.2, 0.25) is 0 Å². The number of aliphatic hydroxyl groups excluding tert-OH is 7. The van der Waals surface area contributed by atoms with Crippen molar-refractivity contribution in [3.63, 3.8) is 0 Å². The van der Waals surface area contributed by atoms with Crippen LogP contribution < -0.4 is 0 Å². The van der Waals surface area contributed by atoms with Gasteiger partial charge in [-0.25, -0.2) is 0 Å². The van der Waals surface area contributed by atoms with Gasteiger partial charge in [0, 0.05) is 0 Å². The Morgan fingerprint density at radius 1 is 0.875 bits per heavy atom. The van der Waals surface area contributed by atoms with Gasteiger partial charge in [0.15, 0.2) is 11.7 Å². The van der Waals surface area contributed by atoms with Crippen molar-refractivity contribution in [2.45, 2.75) is 60.5 Å². The second-order valence-electron chi connectivity index (χ2n) is 6.13. The second kappa shape index (κ2) is 7.57. The Balaban J connectivity index is 2.15. The summed E-state index contributed by atoms with van der Waals surface area (Å²) < 4.78 is 15.6. The maximum absolute atomic E-state index is 10.1. The summed E-state index contributed by atoms with van der Waals surface area (Å²) in [6.07, 6.45) is -13.8. The van der Waals surface area contributed by atoms with E-state index in [1.165, 1.54) is 0 Å². The van der Waals surface area contributed by atoms with Gasteiger partial charge in [0.2, 0.25) is 0 Å². The van der Waals surface area contributed by atoms with Gasteiger partial charge in [0.25, 0.3) is 0 Å². The van der Waals surface area contributed by atoms with Crippen LogP contribution >= 0.6 is 0 Å². The molecule has 0 amide bonds. The molecule has 0 aromatic carbocycles. The summed E-state index contributed by atoms with van der Waals surface area (Å²) in [5.74, 6) is 0. The Morgan fingerprint density at radius 3 is 2.00 bits per heavy atom. The molecule has 0 saturated carbocycles. The minimum absolute atomic E-state index is 0.0656. The molecule has 2 fully saturated rings. The van der Waals surface area contributed by atoms with Gasteiger partial charge in [0.1, 0.15) is 48.8 Å². The van der Waals surface area contributed by atoms with E-state index >= 15 is 0 Å². The van der Waals surface area contributed by atoms with Crippen molar-refractivity contribution in [2.75, 3.05) is 13.2 Å². The monoisotopic (exact) mass is 372 g/mol. The summed E-state index contributed by atoms with van der Waals surface area (Å²) in [6, 6.07) is 0. The number of hydrogen-bond acceptors (Lipinski definition) is 11. The third kappa shape index (κ3) is 3.65. The lowest BCUT2D eigenvalue weighted by molar-refractivity contribution is -0.364. The van der Waals surface area contributed by atoms with Crippen molar-refractivity contribution in [3.05, 3.63) is 0 Å². The molecule has 12 heteroatoms. The second-order valence-corrected chi connectivity index (χ2v) is 7.56. The molecule has 2 rings (SSSR count). The molecule has 0 spiro atoms. The Labute approximate surface area is 140 Å². The lowest BCUT2D eigenvalue weighted by Gasteiger charge is -2.48. The van der Waals surface area contributed by atoms with Crippen LogP contribution in [0.15, 0.2) is 0 Å². The van der Waals surface area contributed by atoms with Gasteiger partial charge in [-0.2, -0.15) is 0 Å². The Kier molecular flexibility index (Phi) is 6.34. The van der Waals surface area contributed by atoms with Gasteiger partial charge in [-0.1, -0.05) is 0 Å². The predicted octanol–water partition coefficient (Wildman–Crippen LogP) is -6.70. The first-order chi connectivity index (χ1) is 11.1. The highest BCUT2D eigenvalue weighted by Gasteiger charge is 2.53. The number of hydrogen-bond donors (Lipinski definition) is 8. The van der Waals surface area contributed by atoms with Crippen LogP contribution in [-0.2, 0) is 14.2 Å². The van der Waals surface area contributed by atoms with Crippen molar-refractivity contribution in [1.29, 1.82) is 0 Å². The standard InChI is InChI=1S/C12H24O11Si/c13-1-3-5(15)6(16)7(17)11(21-3)22-9-4(2-14)23-12(20,24)10(19)8(9)18/h3-11,13-20H,1-2H2,24H3/t3-,4-,5+,6+,7-,8+,9-,10-,11+,12?/m1/s1. The summed E-state index contributed by atoms with van der Waals surface area (Å²) in [7, 11) is -0.0656. The number of aliphatic hydroxyl groups is 8. The maximum atomic E-state index is 10.1. The van der Waals surface area contributed by atoms with E-state index < -0.39 is 73.7 Å². The molecule has 0 aromatic rings. The highest BCUT2D eigenvalue weighted by Crippen LogP contribution is 2.31. The van der Waals surface area contributed by atoms with Crippen molar-refractivity contribution < 1.29 is 55.1 Å². The van der Waals surface area contributed by atoms with Crippen LogP contribution in [-0.4, -0.2) is 125 Å². The average Bonchev–Trinajstić information content (AvgIpc) is 2.55. The van der Waals surface area contributed by atoms with Gasteiger partial charge in [-0.3, -0.25) is 0 Å². The third-order valence-corrected chi connectivity index (χ3v) is 5.11. The molecule has 0 radical (unpaired) electrons. The molecule has 0 bridgehead atoms. The van der Waals surface area contributed by atoms with Crippen LogP contribution in [0.4, 0.5) is 0 Å².